The Kier molecular flexibility index (Phi) is 4.68. The van der Waals surface area contributed by atoms with E-state index in [1.54, 1.807) is 24.3 Å². The highest BCUT2D eigenvalue weighted by molar-refractivity contribution is 6.14. The van der Waals surface area contributed by atoms with Gasteiger partial charge in [-0.1, -0.05) is 36.4 Å². The molecule has 0 unspecified atom stereocenters. The van der Waals surface area contributed by atoms with E-state index >= 15 is 0 Å². The molecule has 6 rings (SSSR count). The van der Waals surface area contributed by atoms with Crippen molar-refractivity contribution >= 4 is 34.1 Å². The van der Waals surface area contributed by atoms with Gasteiger partial charge in [-0.2, -0.15) is 0 Å². The van der Waals surface area contributed by atoms with Gasteiger partial charge in [0.1, 0.15) is 0 Å². The van der Waals surface area contributed by atoms with Crippen LogP contribution in [0.3, 0.4) is 0 Å². The number of carbonyl (C=O) groups excluding carboxylic acids is 2. The summed E-state index contributed by atoms with van der Waals surface area (Å²) in [6.45, 7) is 0.691. The number of benzene rings is 3. The molecule has 1 aliphatic carbocycles. The second kappa shape index (κ2) is 7.85. The fourth-order valence-electron chi connectivity index (χ4n) is 5.07. The molecule has 2 amide bonds. The van der Waals surface area contributed by atoms with Crippen molar-refractivity contribution in [1.82, 2.24) is 4.98 Å². The monoisotopic (exact) mass is 433 g/mol. The summed E-state index contributed by atoms with van der Waals surface area (Å²) in [7, 11) is 0. The number of carbonyl (C=O) groups is 2. The van der Waals surface area contributed by atoms with Crippen molar-refractivity contribution in [2.45, 2.75) is 25.7 Å². The number of nitrogens with one attached hydrogen (secondary N) is 1. The molecule has 0 fully saturated rings. The Labute approximate surface area is 192 Å². The summed E-state index contributed by atoms with van der Waals surface area (Å²) < 4.78 is 0. The number of hydrogen-bond acceptors (Lipinski definition) is 3. The van der Waals surface area contributed by atoms with Crippen molar-refractivity contribution < 1.29 is 9.59 Å². The predicted octanol–water partition coefficient (Wildman–Crippen LogP) is 5.18. The molecule has 1 aromatic heterocycles. The van der Waals surface area contributed by atoms with Gasteiger partial charge in [0.15, 0.2) is 0 Å². The lowest BCUT2D eigenvalue weighted by Crippen LogP contribution is -2.28. The zero-order valence-electron chi connectivity index (χ0n) is 18.2. The Morgan fingerprint density at radius 1 is 0.848 bits per heavy atom. The van der Waals surface area contributed by atoms with Gasteiger partial charge >= 0.3 is 0 Å². The Hall–Kier alpha value is -3.99. The molecule has 0 atom stereocenters. The largest absolute Gasteiger partial charge is 0.322 e. The minimum absolute atomic E-state index is 0.0178. The molecule has 0 bridgehead atoms. The van der Waals surface area contributed by atoms with E-state index < -0.39 is 0 Å². The van der Waals surface area contributed by atoms with Crippen molar-refractivity contribution in [1.29, 1.82) is 0 Å². The summed E-state index contributed by atoms with van der Waals surface area (Å²) in [5.41, 5.74) is 7.14. The fourth-order valence-corrected chi connectivity index (χ4v) is 5.07. The highest BCUT2D eigenvalue weighted by atomic mass is 16.2. The van der Waals surface area contributed by atoms with E-state index in [9.17, 15) is 9.59 Å². The molecule has 0 spiro atoms. The maximum atomic E-state index is 13.3. The first-order valence-electron chi connectivity index (χ1n) is 11.4. The van der Waals surface area contributed by atoms with Crippen molar-refractivity contribution in [2.75, 3.05) is 16.8 Å². The maximum Gasteiger partial charge on any atom is 0.258 e. The lowest BCUT2D eigenvalue weighted by Gasteiger charge is -2.17. The summed E-state index contributed by atoms with van der Waals surface area (Å²) in [5, 5.41) is 3.92. The topological polar surface area (TPSA) is 62.3 Å². The average Bonchev–Trinajstić information content (AvgIpc) is 3.49. The van der Waals surface area contributed by atoms with Gasteiger partial charge in [-0.3, -0.25) is 14.6 Å². The van der Waals surface area contributed by atoms with E-state index in [1.807, 2.05) is 47.4 Å². The second-order valence-electron chi connectivity index (χ2n) is 8.65. The molecule has 3 aromatic carbocycles. The Bertz CT molecular complexity index is 1410. The van der Waals surface area contributed by atoms with Gasteiger partial charge in [0.25, 0.3) is 11.8 Å². The number of amides is 2. The third kappa shape index (κ3) is 3.37. The van der Waals surface area contributed by atoms with Gasteiger partial charge in [0.05, 0.1) is 11.1 Å². The van der Waals surface area contributed by atoms with Crippen molar-refractivity contribution in [3.8, 4) is 0 Å². The summed E-state index contributed by atoms with van der Waals surface area (Å²) >= 11 is 0. The van der Waals surface area contributed by atoms with E-state index in [0.29, 0.717) is 17.8 Å². The summed E-state index contributed by atoms with van der Waals surface area (Å²) in [4.78, 5) is 33.0. The van der Waals surface area contributed by atoms with E-state index in [2.05, 4.69) is 11.4 Å². The van der Waals surface area contributed by atoms with Gasteiger partial charge in [-0.15, -0.1) is 0 Å². The Balaban J connectivity index is 1.26. The molecule has 2 aliphatic rings. The molecule has 0 radical (unpaired) electrons. The lowest BCUT2D eigenvalue weighted by molar-refractivity contribution is 0.0988. The summed E-state index contributed by atoms with van der Waals surface area (Å²) in [6, 6.07) is 23.0. The van der Waals surface area contributed by atoms with Crippen molar-refractivity contribution in [3.05, 3.63) is 101 Å². The van der Waals surface area contributed by atoms with Crippen LogP contribution in [0.25, 0.3) is 10.9 Å². The van der Waals surface area contributed by atoms with Crippen molar-refractivity contribution in [3.63, 3.8) is 0 Å². The van der Waals surface area contributed by atoms with Gasteiger partial charge in [0.2, 0.25) is 0 Å². The number of hydrogen-bond donors (Lipinski definition) is 1. The van der Waals surface area contributed by atoms with Crippen LogP contribution in [0.15, 0.2) is 72.8 Å². The first-order chi connectivity index (χ1) is 16.2. The molecule has 0 saturated heterocycles. The van der Waals surface area contributed by atoms with Crippen molar-refractivity contribution in [2.24, 2.45) is 0 Å². The van der Waals surface area contributed by atoms with Gasteiger partial charge in [-0.25, -0.2) is 0 Å². The molecule has 2 heterocycles. The molecule has 0 saturated carbocycles. The number of rotatable bonds is 3. The molecule has 5 heteroatoms. The normalized spacial score (nSPS) is 14.2. The molecular formula is C28H23N3O2. The van der Waals surface area contributed by atoms with Crippen LogP contribution in [0.4, 0.5) is 11.4 Å². The first-order valence-corrected chi connectivity index (χ1v) is 11.4. The zero-order valence-corrected chi connectivity index (χ0v) is 18.2. The van der Waals surface area contributed by atoms with Crippen LogP contribution in [-0.4, -0.2) is 23.3 Å². The number of pyridine rings is 1. The first kappa shape index (κ1) is 19.7. The van der Waals surface area contributed by atoms with E-state index in [4.69, 9.17) is 4.98 Å². The second-order valence-corrected chi connectivity index (χ2v) is 8.65. The molecule has 162 valence electrons. The standard InChI is InChI=1S/C28H23N3O2/c32-27(26-21-7-2-3-9-23(21)30-24-10-5-8-22(24)26)29-20-14-12-19(13-15-20)28(33)31-17-16-18-6-1-4-11-25(18)31/h1-4,6-7,9,11-15H,5,8,10,16-17H2,(H,29,32). The number of aryl methyl sites for hydroxylation is 1. The van der Waals surface area contributed by atoms with Crippen LogP contribution in [0.5, 0.6) is 0 Å². The Morgan fingerprint density at radius 3 is 2.52 bits per heavy atom. The maximum absolute atomic E-state index is 13.3. The van der Waals surface area contributed by atoms with Crippen LogP contribution >= 0.6 is 0 Å². The number of para-hydroxylation sites is 2. The van der Waals surface area contributed by atoms with Gasteiger partial charge in [-0.05, 0) is 73.2 Å². The van der Waals surface area contributed by atoms with Gasteiger partial charge in [0, 0.05) is 34.6 Å². The lowest BCUT2D eigenvalue weighted by atomic mass is 10.0. The van der Waals surface area contributed by atoms with Crippen LogP contribution in [0, 0.1) is 0 Å². The predicted molar refractivity (Wildman–Crippen MR) is 130 cm³/mol. The molecule has 5 nitrogen and oxygen atoms in total. The van der Waals surface area contributed by atoms with Gasteiger partial charge < -0.3 is 10.2 Å². The van der Waals surface area contributed by atoms with E-state index in [-0.39, 0.29) is 11.8 Å². The van der Waals surface area contributed by atoms with Crippen LogP contribution in [-0.2, 0) is 19.3 Å². The number of anilines is 2. The SMILES string of the molecule is O=C(Nc1ccc(C(=O)N2CCc3ccccc32)cc1)c1c2c(nc3ccccc13)CCC2. The summed E-state index contributed by atoms with van der Waals surface area (Å²) in [6.07, 6.45) is 3.69. The summed E-state index contributed by atoms with van der Waals surface area (Å²) in [5.74, 6) is -0.143. The highest BCUT2D eigenvalue weighted by Gasteiger charge is 2.26. The molecule has 33 heavy (non-hydrogen) atoms. The van der Waals surface area contributed by atoms with Crippen LogP contribution < -0.4 is 10.2 Å². The quantitative estimate of drug-likeness (QED) is 0.484. The molecule has 4 aromatic rings. The smallest absolute Gasteiger partial charge is 0.258 e. The fraction of sp³-hybridized carbons (Fsp3) is 0.179. The van der Waals surface area contributed by atoms with Crippen LogP contribution in [0.2, 0.25) is 0 Å². The zero-order chi connectivity index (χ0) is 22.4. The van der Waals surface area contributed by atoms with E-state index in [0.717, 1.165) is 59.1 Å². The third-order valence-electron chi connectivity index (χ3n) is 6.67. The minimum Gasteiger partial charge on any atom is -0.322 e. The highest BCUT2D eigenvalue weighted by Crippen LogP contribution is 2.31. The van der Waals surface area contributed by atoms with Crippen LogP contribution in [0.1, 0.15) is 44.0 Å². The Morgan fingerprint density at radius 2 is 1.64 bits per heavy atom. The molecular weight excluding hydrogens is 410 g/mol. The molecule has 1 aliphatic heterocycles. The number of fused-ring (bicyclic) bond motifs is 3. The molecule has 1 N–H and O–H groups in total. The number of nitrogens with zero attached hydrogens (tertiary/aromatic N) is 2. The third-order valence-corrected chi connectivity index (χ3v) is 6.67. The van der Waals surface area contributed by atoms with E-state index in [1.165, 1.54) is 5.56 Å². The minimum atomic E-state index is -0.126. The number of aromatic nitrogens is 1. The average molecular weight is 434 g/mol.